The number of hydrogen-bond donors (Lipinski definition) is 3. The van der Waals surface area contributed by atoms with Gasteiger partial charge in [-0.25, -0.2) is 0 Å². The van der Waals surface area contributed by atoms with Crippen LogP contribution < -0.4 is 20.7 Å². The number of halogens is 1. The molecule has 1 saturated heterocycles. The van der Waals surface area contributed by atoms with Crippen molar-refractivity contribution in [1.29, 1.82) is 0 Å². The predicted molar refractivity (Wildman–Crippen MR) is 101 cm³/mol. The Morgan fingerprint density at radius 2 is 2.04 bits per heavy atom. The molecule has 3 atom stereocenters. The normalized spacial score (nSPS) is 26.6. The number of carbonyl (C=O) groups excluding carboxylic acids is 1. The van der Waals surface area contributed by atoms with Crippen molar-refractivity contribution in [3.63, 3.8) is 0 Å². The van der Waals surface area contributed by atoms with Crippen molar-refractivity contribution in [2.75, 3.05) is 5.32 Å². The summed E-state index contributed by atoms with van der Waals surface area (Å²) < 4.78 is 6.13. The standard InChI is InChI=1S/C18H16ClN3O2S/c1-18-14(16(23)20-11-5-3-2-4-6-11)15(21-17(25)22-18)12-9-10(19)7-8-13(12)24-18/h2-9,14-15H,1H3,(H,20,23)(H2,21,22,25)/t14-,15-,18-/m1/s1. The van der Waals surface area contributed by atoms with Crippen molar-refractivity contribution in [3.05, 3.63) is 59.1 Å². The van der Waals surface area contributed by atoms with Gasteiger partial charge in [-0.05, 0) is 49.5 Å². The van der Waals surface area contributed by atoms with E-state index in [1.54, 1.807) is 6.07 Å². The highest BCUT2D eigenvalue weighted by molar-refractivity contribution is 7.80. The number of amides is 1. The molecule has 2 aromatic carbocycles. The van der Waals surface area contributed by atoms with Gasteiger partial charge in [0, 0.05) is 16.3 Å². The van der Waals surface area contributed by atoms with Crippen molar-refractivity contribution in [3.8, 4) is 5.75 Å². The van der Waals surface area contributed by atoms with E-state index in [0.717, 1.165) is 11.3 Å². The molecule has 0 aromatic heterocycles. The third-order valence-corrected chi connectivity index (χ3v) is 4.98. The maximum atomic E-state index is 13.0. The van der Waals surface area contributed by atoms with Crippen molar-refractivity contribution < 1.29 is 9.53 Å². The summed E-state index contributed by atoms with van der Waals surface area (Å²) in [4.78, 5) is 13.0. The van der Waals surface area contributed by atoms with E-state index in [1.165, 1.54) is 0 Å². The summed E-state index contributed by atoms with van der Waals surface area (Å²) >= 11 is 11.4. The third-order valence-electron chi connectivity index (χ3n) is 4.53. The Hall–Kier alpha value is -2.31. The molecule has 4 rings (SSSR count). The molecule has 5 nitrogen and oxygen atoms in total. The van der Waals surface area contributed by atoms with Crippen molar-refractivity contribution in [2.24, 2.45) is 5.92 Å². The molecule has 2 heterocycles. The lowest BCUT2D eigenvalue weighted by molar-refractivity contribution is -0.132. The number of rotatable bonds is 2. The fourth-order valence-corrected chi connectivity index (χ4v) is 3.97. The molecular formula is C18H16ClN3O2S. The maximum absolute atomic E-state index is 13.0. The Bertz CT molecular complexity index is 861. The molecule has 2 bridgehead atoms. The molecule has 128 valence electrons. The zero-order valence-electron chi connectivity index (χ0n) is 13.4. The summed E-state index contributed by atoms with van der Waals surface area (Å²) in [5, 5.41) is 10.3. The van der Waals surface area contributed by atoms with Gasteiger partial charge in [0.05, 0.1) is 6.04 Å². The van der Waals surface area contributed by atoms with Crippen molar-refractivity contribution >= 4 is 40.5 Å². The van der Waals surface area contributed by atoms with Crippen LogP contribution in [0.5, 0.6) is 5.75 Å². The SMILES string of the molecule is C[C@@]12NC(=S)N[C@H](c3cc(Cl)ccc3O1)[C@@H]2C(=O)Nc1ccccc1. The average molecular weight is 374 g/mol. The third kappa shape index (κ3) is 2.81. The largest absolute Gasteiger partial charge is 0.467 e. The molecule has 0 aliphatic carbocycles. The van der Waals surface area contributed by atoms with E-state index in [0.29, 0.717) is 15.9 Å². The van der Waals surface area contributed by atoms with Gasteiger partial charge in [-0.1, -0.05) is 29.8 Å². The molecule has 0 spiro atoms. The Morgan fingerprint density at radius 1 is 1.28 bits per heavy atom. The van der Waals surface area contributed by atoms with Crippen LogP contribution in [-0.4, -0.2) is 16.7 Å². The molecule has 1 fully saturated rings. The molecule has 0 radical (unpaired) electrons. The van der Waals surface area contributed by atoms with E-state index < -0.39 is 11.6 Å². The lowest BCUT2D eigenvalue weighted by Crippen LogP contribution is -2.70. The number of thiocarbonyl (C=S) groups is 1. The van der Waals surface area contributed by atoms with Gasteiger partial charge in [-0.15, -0.1) is 0 Å². The van der Waals surface area contributed by atoms with Crippen LogP contribution in [0.1, 0.15) is 18.5 Å². The zero-order valence-corrected chi connectivity index (χ0v) is 14.9. The molecule has 2 aliphatic rings. The van der Waals surface area contributed by atoms with E-state index in [2.05, 4.69) is 16.0 Å². The second-order valence-electron chi connectivity index (χ2n) is 6.30. The zero-order chi connectivity index (χ0) is 17.6. The molecular weight excluding hydrogens is 358 g/mol. The van der Waals surface area contributed by atoms with E-state index in [1.807, 2.05) is 49.4 Å². The summed E-state index contributed by atoms with van der Waals surface area (Å²) in [6.07, 6.45) is 0. The Balaban J connectivity index is 1.74. The average Bonchev–Trinajstić information content (AvgIpc) is 2.55. The van der Waals surface area contributed by atoms with Crippen LogP contribution in [0.3, 0.4) is 0 Å². The van der Waals surface area contributed by atoms with Crippen LogP contribution >= 0.6 is 23.8 Å². The molecule has 3 N–H and O–H groups in total. The monoisotopic (exact) mass is 373 g/mol. The number of benzene rings is 2. The minimum atomic E-state index is -0.952. The number of fused-ring (bicyclic) bond motifs is 4. The van der Waals surface area contributed by atoms with Crippen LogP contribution in [0, 0.1) is 5.92 Å². The van der Waals surface area contributed by atoms with Gasteiger partial charge in [-0.2, -0.15) is 0 Å². The number of anilines is 1. The summed E-state index contributed by atoms with van der Waals surface area (Å²) in [6.45, 7) is 1.83. The first-order valence-electron chi connectivity index (χ1n) is 7.89. The number of carbonyl (C=O) groups is 1. The van der Waals surface area contributed by atoms with Gasteiger partial charge >= 0.3 is 0 Å². The molecule has 25 heavy (non-hydrogen) atoms. The molecule has 2 aromatic rings. The molecule has 1 amide bonds. The number of ether oxygens (including phenoxy) is 1. The molecule has 0 unspecified atom stereocenters. The molecule has 7 heteroatoms. The number of hydrogen-bond acceptors (Lipinski definition) is 3. The first kappa shape index (κ1) is 16.2. The van der Waals surface area contributed by atoms with Crippen LogP contribution in [0.15, 0.2) is 48.5 Å². The van der Waals surface area contributed by atoms with Gasteiger partial charge in [-0.3, -0.25) is 4.79 Å². The summed E-state index contributed by atoms with van der Waals surface area (Å²) in [5.74, 6) is -0.0136. The first-order valence-corrected chi connectivity index (χ1v) is 8.68. The predicted octanol–water partition coefficient (Wildman–Crippen LogP) is 3.22. The van der Waals surface area contributed by atoms with Crippen molar-refractivity contribution in [1.82, 2.24) is 10.6 Å². The fraction of sp³-hybridized carbons (Fsp3) is 0.222. The Kier molecular flexibility index (Phi) is 3.81. The summed E-state index contributed by atoms with van der Waals surface area (Å²) in [7, 11) is 0. The molecule has 0 saturated carbocycles. The minimum Gasteiger partial charge on any atom is -0.467 e. The highest BCUT2D eigenvalue weighted by atomic mass is 35.5. The van der Waals surface area contributed by atoms with Gasteiger partial charge in [0.1, 0.15) is 11.7 Å². The van der Waals surface area contributed by atoms with Gasteiger partial charge in [0.2, 0.25) is 5.91 Å². The van der Waals surface area contributed by atoms with Gasteiger partial charge in [0.15, 0.2) is 10.8 Å². The second kappa shape index (κ2) is 5.89. The highest BCUT2D eigenvalue weighted by Gasteiger charge is 2.54. The minimum absolute atomic E-state index is 0.160. The van der Waals surface area contributed by atoms with Crippen molar-refractivity contribution in [2.45, 2.75) is 18.7 Å². The quantitative estimate of drug-likeness (QED) is 0.705. The lowest BCUT2D eigenvalue weighted by atomic mass is 9.80. The van der Waals surface area contributed by atoms with E-state index in [9.17, 15) is 4.79 Å². The van der Waals surface area contributed by atoms with Crippen LogP contribution in [0.4, 0.5) is 5.69 Å². The highest BCUT2D eigenvalue weighted by Crippen LogP contribution is 2.45. The molecule has 2 aliphatic heterocycles. The van der Waals surface area contributed by atoms with Gasteiger partial charge < -0.3 is 20.7 Å². The summed E-state index contributed by atoms with van der Waals surface area (Å²) in [5.41, 5.74) is 0.600. The van der Waals surface area contributed by atoms with E-state index in [4.69, 9.17) is 28.6 Å². The fourth-order valence-electron chi connectivity index (χ4n) is 3.45. The number of nitrogens with one attached hydrogen (secondary N) is 3. The van der Waals surface area contributed by atoms with Gasteiger partial charge in [0.25, 0.3) is 0 Å². The van der Waals surface area contributed by atoms with E-state index >= 15 is 0 Å². The van der Waals surface area contributed by atoms with Crippen LogP contribution in [0.25, 0.3) is 0 Å². The lowest BCUT2D eigenvalue weighted by Gasteiger charge is -2.50. The Morgan fingerprint density at radius 3 is 2.80 bits per heavy atom. The first-order chi connectivity index (χ1) is 12.0. The Labute approximate surface area is 155 Å². The van der Waals surface area contributed by atoms with Crippen LogP contribution in [0.2, 0.25) is 5.02 Å². The maximum Gasteiger partial charge on any atom is 0.236 e. The second-order valence-corrected chi connectivity index (χ2v) is 7.15. The van der Waals surface area contributed by atoms with Crippen LogP contribution in [-0.2, 0) is 4.79 Å². The van der Waals surface area contributed by atoms with E-state index in [-0.39, 0.29) is 11.9 Å². The smallest absolute Gasteiger partial charge is 0.236 e. The number of para-hydroxylation sites is 1. The topological polar surface area (TPSA) is 62.4 Å². The summed E-state index contributed by atoms with van der Waals surface area (Å²) in [6, 6.07) is 14.4.